The number of sulfone groups is 1. The molecule has 96 valence electrons. The topological polar surface area (TPSA) is 72.2 Å². The van der Waals surface area contributed by atoms with Crippen molar-refractivity contribution in [3.63, 3.8) is 0 Å². The van der Waals surface area contributed by atoms with E-state index in [4.69, 9.17) is 0 Å². The number of rotatable bonds is 1. The molecule has 2 heterocycles. The summed E-state index contributed by atoms with van der Waals surface area (Å²) in [5.41, 5.74) is -1.10. The van der Waals surface area contributed by atoms with E-state index in [1.54, 1.807) is 0 Å². The van der Waals surface area contributed by atoms with E-state index in [0.29, 0.717) is 0 Å². The second-order valence-electron chi connectivity index (χ2n) is 3.89. The van der Waals surface area contributed by atoms with Gasteiger partial charge in [-0.05, 0) is 6.07 Å². The minimum absolute atomic E-state index is 0.396. The average molecular weight is 270 g/mol. The number of nitrogens with zero attached hydrogens (tertiary/aromatic N) is 2. The first-order valence-corrected chi connectivity index (χ1v) is 6.52. The van der Waals surface area contributed by atoms with Crippen molar-refractivity contribution in [3.8, 4) is 0 Å². The predicted molar refractivity (Wildman–Crippen MR) is 50.9 cm³/mol. The van der Waals surface area contributed by atoms with Crippen molar-refractivity contribution in [2.75, 3.05) is 11.5 Å². The molecule has 2 atom stereocenters. The van der Waals surface area contributed by atoms with Crippen LogP contribution in [0.2, 0.25) is 0 Å². The van der Waals surface area contributed by atoms with E-state index in [2.05, 4.69) is 5.10 Å². The molecule has 2 rings (SSSR count). The number of alkyl halides is 3. The van der Waals surface area contributed by atoms with E-state index in [1.165, 1.54) is 0 Å². The summed E-state index contributed by atoms with van der Waals surface area (Å²) in [7, 11) is -3.41. The normalized spacial score (nSPS) is 28.5. The molecular formula is C8H9F3N2O3S. The molecule has 0 saturated carbocycles. The van der Waals surface area contributed by atoms with Crippen LogP contribution in [-0.2, 0) is 16.0 Å². The Morgan fingerprint density at radius 1 is 1.41 bits per heavy atom. The first kappa shape index (κ1) is 12.4. The van der Waals surface area contributed by atoms with Crippen LogP contribution in [0.15, 0.2) is 12.3 Å². The van der Waals surface area contributed by atoms with E-state index in [-0.39, 0.29) is 0 Å². The van der Waals surface area contributed by atoms with Gasteiger partial charge in [-0.2, -0.15) is 18.3 Å². The highest BCUT2D eigenvalue weighted by molar-refractivity contribution is 7.91. The van der Waals surface area contributed by atoms with Gasteiger partial charge >= 0.3 is 6.18 Å². The molecule has 0 spiro atoms. The molecular weight excluding hydrogens is 261 g/mol. The van der Waals surface area contributed by atoms with Crippen LogP contribution in [0.4, 0.5) is 13.2 Å². The Morgan fingerprint density at radius 3 is 2.47 bits per heavy atom. The van der Waals surface area contributed by atoms with Gasteiger partial charge in [-0.1, -0.05) is 0 Å². The standard InChI is InChI=1S/C8H9F3N2O3S/c9-8(10,11)7-1-2-13(12-7)5-3-17(15,16)4-6(5)14/h1-2,5-6,14H,3-4H2. The summed E-state index contributed by atoms with van der Waals surface area (Å²) in [5, 5.41) is 12.7. The van der Waals surface area contributed by atoms with Crippen molar-refractivity contribution in [2.45, 2.75) is 18.3 Å². The molecule has 0 aliphatic carbocycles. The molecule has 0 bridgehead atoms. The van der Waals surface area contributed by atoms with Gasteiger partial charge in [0, 0.05) is 6.20 Å². The quantitative estimate of drug-likeness (QED) is 0.793. The number of halogens is 3. The van der Waals surface area contributed by atoms with Gasteiger partial charge in [0.05, 0.1) is 23.7 Å². The highest BCUT2D eigenvalue weighted by Crippen LogP contribution is 2.29. The predicted octanol–water partition coefficient (Wildman–Crippen LogP) is 0.232. The molecule has 0 amide bonds. The molecule has 1 saturated heterocycles. The Hall–Kier alpha value is -1.09. The van der Waals surface area contributed by atoms with Crippen LogP contribution in [0.5, 0.6) is 0 Å². The summed E-state index contributed by atoms with van der Waals surface area (Å²) < 4.78 is 60.1. The molecule has 1 aromatic heterocycles. The summed E-state index contributed by atoms with van der Waals surface area (Å²) in [6.45, 7) is 0. The third-order valence-corrected chi connectivity index (χ3v) is 4.23. The Labute approximate surface area is 94.8 Å². The minimum atomic E-state index is -4.58. The molecule has 1 aromatic rings. The number of aliphatic hydroxyl groups excluding tert-OH is 1. The third kappa shape index (κ3) is 2.44. The van der Waals surface area contributed by atoms with Crippen molar-refractivity contribution < 1.29 is 26.7 Å². The van der Waals surface area contributed by atoms with Crippen molar-refractivity contribution in [2.24, 2.45) is 0 Å². The summed E-state index contributed by atoms with van der Waals surface area (Å²) in [5.74, 6) is -0.841. The first-order chi connectivity index (χ1) is 7.69. The third-order valence-electron chi connectivity index (χ3n) is 2.53. The highest BCUT2D eigenvalue weighted by atomic mass is 32.2. The van der Waals surface area contributed by atoms with Gasteiger partial charge in [0.25, 0.3) is 0 Å². The molecule has 0 aromatic carbocycles. The molecule has 9 heteroatoms. The number of aromatic nitrogens is 2. The van der Waals surface area contributed by atoms with Gasteiger partial charge in [0.15, 0.2) is 15.5 Å². The van der Waals surface area contributed by atoms with Crippen molar-refractivity contribution in [1.29, 1.82) is 0 Å². The maximum atomic E-state index is 12.3. The molecule has 17 heavy (non-hydrogen) atoms. The molecule has 0 radical (unpaired) electrons. The maximum Gasteiger partial charge on any atom is 0.435 e. The summed E-state index contributed by atoms with van der Waals surface area (Å²) in [6, 6.07) is -0.200. The smallest absolute Gasteiger partial charge is 0.390 e. The van der Waals surface area contributed by atoms with Gasteiger partial charge < -0.3 is 5.11 Å². The van der Waals surface area contributed by atoms with E-state index in [0.717, 1.165) is 16.9 Å². The fourth-order valence-electron chi connectivity index (χ4n) is 1.74. The Kier molecular flexibility index (Phi) is 2.69. The maximum absolute atomic E-state index is 12.3. The highest BCUT2D eigenvalue weighted by Gasteiger charge is 2.40. The van der Waals surface area contributed by atoms with Crippen molar-refractivity contribution in [1.82, 2.24) is 9.78 Å². The SMILES string of the molecule is O=S1(=O)CC(O)C(n2ccc(C(F)(F)F)n2)C1. The largest absolute Gasteiger partial charge is 0.435 e. The van der Waals surface area contributed by atoms with Gasteiger partial charge in [-0.25, -0.2) is 8.42 Å². The summed E-state index contributed by atoms with van der Waals surface area (Å²) in [4.78, 5) is 0. The second-order valence-corrected chi connectivity index (χ2v) is 6.04. The first-order valence-electron chi connectivity index (χ1n) is 4.70. The Bertz CT molecular complexity index is 522. The van der Waals surface area contributed by atoms with E-state index >= 15 is 0 Å². The van der Waals surface area contributed by atoms with Crippen LogP contribution in [0.3, 0.4) is 0 Å². The van der Waals surface area contributed by atoms with Crippen LogP contribution < -0.4 is 0 Å². The zero-order chi connectivity index (χ0) is 12.8. The summed E-state index contributed by atoms with van der Waals surface area (Å²) in [6.07, 6.45) is -4.77. The lowest BCUT2D eigenvalue weighted by Gasteiger charge is -2.13. The Morgan fingerprint density at radius 2 is 2.06 bits per heavy atom. The monoisotopic (exact) mass is 270 g/mol. The lowest BCUT2D eigenvalue weighted by molar-refractivity contribution is -0.141. The van der Waals surface area contributed by atoms with Crippen LogP contribution in [0.25, 0.3) is 0 Å². The lowest BCUT2D eigenvalue weighted by atomic mass is 10.2. The van der Waals surface area contributed by atoms with Crippen molar-refractivity contribution in [3.05, 3.63) is 18.0 Å². The van der Waals surface area contributed by atoms with Gasteiger partial charge in [-0.3, -0.25) is 4.68 Å². The van der Waals surface area contributed by atoms with E-state index in [9.17, 15) is 26.7 Å². The van der Waals surface area contributed by atoms with Crippen LogP contribution in [0, 0.1) is 0 Å². The lowest BCUT2D eigenvalue weighted by Crippen LogP contribution is -2.23. The zero-order valence-corrected chi connectivity index (χ0v) is 9.24. The molecule has 2 unspecified atom stereocenters. The molecule has 5 nitrogen and oxygen atoms in total. The van der Waals surface area contributed by atoms with E-state index in [1.807, 2.05) is 0 Å². The van der Waals surface area contributed by atoms with Crippen LogP contribution in [0.1, 0.15) is 11.7 Å². The second kappa shape index (κ2) is 3.70. The fraction of sp³-hybridized carbons (Fsp3) is 0.625. The molecule has 1 aliphatic heterocycles. The van der Waals surface area contributed by atoms with Gasteiger partial charge in [-0.15, -0.1) is 0 Å². The number of hydrogen-bond donors (Lipinski definition) is 1. The van der Waals surface area contributed by atoms with Crippen LogP contribution in [-0.4, -0.2) is 40.9 Å². The fourth-order valence-corrected chi connectivity index (χ4v) is 3.51. The Balaban J connectivity index is 2.28. The van der Waals surface area contributed by atoms with Crippen molar-refractivity contribution >= 4 is 9.84 Å². The number of hydrogen-bond acceptors (Lipinski definition) is 4. The number of aliphatic hydroxyl groups is 1. The summed E-state index contributed by atoms with van der Waals surface area (Å²) >= 11 is 0. The van der Waals surface area contributed by atoms with Gasteiger partial charge in [0.1, 0.15) is 0 Å². The zero-order valence-electron chi connectivity index (χ0n) is 8.42. The molecule has 1 N–H and O–H groups in total. The van der Waals surface area contributed by atoms with E-state index < -0.39 is 45.4 Å². The van der Waals surface area contributed by atoms with Crippen LogP contribution >= 0.6 is 0 Å². The van der Waals surface area contributed by atoms with Gasteiger partial charge in [0.2, 0.25) is 0 Å². The average Bonchev–Trinajstić information content (AvgIpc) is 2.68. The minimum Gasteiger partial charge on any atom is -0.390 e. The molecule has 1 fully saturated rings. The molecule has 1 aliphatic rings.